The fourth-order valence-corrected chi connectivity index (χ4v) is 2.62. The number of nitrogens with zero attached hydrogens (tertiary/aromatic N) is 3. The van der Waals surface area contributed by atoms with Crippen LogP contribution in [0.3, 0.4) is 0 Å². The minimum atomic E-state index is -0.356. The van der Waals surface area contributed by atoms with Crippen LogP contribution < -0.4 is 10.6 Å². The Labute approximate surface area is 152 Å². The summed E-state index contributed by atoms with van der Waals surface area (Å²) >= 11 is 0. The molecule has 0 radical (unpaired) electrons. The molecular formula is C18H23N5O3. The van der Waals surface area contributed by atoms with Crippen molar-refractivity contribution in [3.05, 3.63) is 42.1 Å². The summed E-state index contributed by atoms with van der Waals surface area (Å²) in [7, 11) is 1.36. The van der Waals surface area contributed by atoms with Crippen molar-refractivity contribution in [2.45, 2.75) is 0 Å². The second kappa shape index (κ2) is 9.12. The molecule has 1 aliphatic rings. The average molecular weight is 357 g/mol. The minimum Gasteiger partial charge on any atom is -0.465 e. The fourth-order valence-electron chi connectivity index (χ4n) is 2.62. The van der Waals surface area contributed by atoms with Gasteiger partial charge in [-0.15, -0.1) is 0 Å². The third-order valence-corrected chi connectivity index (χ3v) is 4.05. The number of ether oxygens (including phenoxy) is 2. The topological polar surface area (TPSA) is 88.6 Å². The van der Waals surface area contributed by atoms with E-state index in [0.29, 0.717) is 17.3 Å². The summed E-state index contributed by atoms with van der Waals surface area (Å²) in [5.41, 5.74) is 1.34. The van der Waals surface area contributed by atoms with E-state index in [4.69, 9.17) is 9.47 Å². The lowest BCUT2D eigenvalue weighted by molar-refractivity contribution is 0.0398. The average Bonchev–Trinajstić information content (AvgIpc) is 2.69. The Balaban J connectivity index is 1.52. The first-order chi connectivity index (χ1) is 12.7. The van der Waals surface area contributed by atoms with Crippen molar-refractivity contribution in [1.82, 2.24) is 14.9 Å². The van der Waals surface area contributed by atoms with Gasteiger partial charge in [-0.25, -0.2) is 9.78 Å². The fraction of sp³-hybridized carbons (Fsp3) is 0.389. The van der Waals surface area contributed by atoms with Crippen LogP contribution in [0.1, 0.15) is 10.4 Å². The number of morpholine rings is 1. The number of anilines is 3. The predicted octanol–water partition coefficient (Wildman–Crippen LogP) is 1.75. The maximum atomic E-state index is 11.5. The number of aromatic nitrogens is 2. The number of hydrogen-bond donors (Lipinski definition) is 2. The van der Waals surface area contributed by atoms with Crippen LogP contribution in [0.2, 0.25) is 0 Å². The first kappa shape index (κ1) is 18.1. The molecule has 0 saturated carbocycles. The molecule has 3 rings (SSSR count). The van der Waals surface area contributed by atoms with Crippen molar-refractivity contribution in [3.8, 4) is 0 Å². The summed E-state index contributed by atoms with van der Waals surface area (Å²) in [6, 6.07) is 8.81. The lowest BCUT2D eigenvalue weighted by Gasteiger charge is -2.26. The Kier molecular flexibility index (Phi) is 6.34. The van der Waals surface area contributed by atoms with E-state index in [2.05, 4.69) is 25.5 Å². The molecule has 2 N–H and O–H groups in total. The van der Waals surface area contributed by atoms with E-state index in [-0.39, 0.29) is 5.97 Å². The van der Waals surface area contributed by atoms with E-state index < -0.39 is 0 Å². The Hall–Kier alpha value is -2.71. The summed E-state index contributed by atoms with van der Waals surface area (Å²) in [5, 5.41) is 6.44. The molecule has 1 saturated heterocycles. The maximum absolute atomic E-state index is 11.5. The van der Waals surface area contributed by atoms with Gasteiger partial charge in [-0.2, -0.15) is 4.98 Å². The number of esters is 1. The lowest BCUT2D eigenvalue weighted by atomic mass is 10.2. The van der Waals surface area contributed by atoms with Gasteiger partial charge in [0.25, 0.3) is 0 Å². The van der Waals surface area contributed by atoms with E-state index in [0.717, 1.165) is 45.1 Å². The highest BCUT2D eigenvalue weighted by molar-refractivity contribution is 5.89. The highest BCUT2D eigenvalue weighted by Crippen LogP contribution is 2.16. The molecule has 2 heterocycles. The highest BCUT2D eigenvalue weighted by Gasteiger charge is 2.09. The molecular weight excluding hydrogens is 334 g/mol. The number of carbonyl (C=O) groups is 1. The van der Waals surface area contributed by atoms with Crippen LogP contribution in [0, 0.1) is 0 Å². The third kappa shape index (κ3) is 5.14. The molecule has 8 nitrogen and oxygen atoms in total. The smallest absolute Gasteiger partial charge is 0.337 e. The van der Waals surface area contributed by atoms with Crippen molar-refractivity contribution in [2.75, 3.05) is 57.1 Å². The zero-order chi connectivity index (χ0) is 18.2. The second-order valence-electron chi connectivity index (χ2n) is 5.84. The van der Waals surface area contributed by atoms with E-state index >= 15 is 0 Å². The Morgan fingerprint density at radius 2 is 2.00 bits per heavy atom. The molecule has 0 atom stereocenters. The number of methoxy groups -OCH3 is 1. The number of hydrogen-bond acceptors (Lipinski definition) is 8. The second-order valence-corrected chi connectivity index (χ2v) is 5.84. The van der Waals surface area contributed by atoms with Crippen LogP contribution in [0.15, 0.2) is 36.5 Å². The zero-order valence-electron chi connectivity index (χ0n) is 14.8. The molecule has 0 amide bonds. The van der Waals surface area contributed by atoms with Crippen LogP contribution in [0.5, 0.6) is 0 Å². The maximum Gasteiger partial charge on any atom is 0.337 e. The van der Waals surface area contributed by atoms with Crippen molar-refractivity contribution < 1.29 is 14.3 Å². The normalized spacial score (nSPS) is 14.7. The van der Waals surface area contributed by atoms with E-state index in [1.54, 1.807) is 36.5 Å². The Morgan fingerprint density at radius 1 is 1.23 bits per heavy atom. The van der Waals surface area contributed by atoms with Crippen LogP contribution in [-0.4, -0.2) is 67.3 Å². The summed E-state index contributed by atoms with van der Waals surface area (Å²) < 4.78 is 10.0. The largest absolute Gasteiger partial charge is 0.465 e. The molecule has 2 aromatic rings. The van der Waals surface area contributed by atoms with Gasteiger partial charge in [0.15, 0.2) is 0 Å². The number of nitrogens with one attached hydrogen (secondary N) is 2. The molecule has 8 heteroatoms. The summed E-state index contributed by atoms with van der Waals surface area (Å²) in [6.45, 7) is 5.23. The van der Waals surface area contributed by atoms with Gasteiger partial charge in [0.1, 0.15) is 5.82 Å². The summed E-state index contributed by atoms with van der Waals surface area (Å²) in [5.74, 6) is 0.902. The number of carbonyl (C=O) groups excluding carboxylic acids is 1. The van der Waals surface area contributed by atoms with Crippen molar-refractivity contribution in [2.24, 2.45) is 0 Å². The van der Waals surface area contributed by atoms with Crippen molar-refractivity contribution in [1.29, 1.82) is 0 Å². The monoisotopic (exact) mass is 357 g/mol. The molecule has 1 aliphatic heterocycles. The van der Waals surface area contributed by atoms with Crippen molar-refractivity contribution >= 4 is 23.4 Å². The van der Waals surface area contributed by atoms with E-state index in [1.165, 1.54) is 7.11 Å². The van der Waals surface area contributed by atoms with E-state index in [1.807, 2.05) is 0 Å². The van der Waals surface area contributed by atoms with Crippen LogP contribution in [0.4, 0.5) is 17.5 Å². The standard InChI is InChI=1S/C18H23N5O3/c1-25-17(24)14-2-4-15(5-3-14)21-16-6-7-19-18(22-16)20-8-9-23-10-12-26-13-11-23/h2-7H,8-13H2,1H3,(H2,19,20,21,22). The zero-order valence-corrected chi connectivity index (χ0v) is 14.8. The first-order valence-corrected chi connectivity index (χ1v) is 8.57. The third-order valence-electron chi connectivity index (χ3n) is 4.05. The molecule has 0 spiro atoms. The van der Waals surface area contributed by atoms with Crippen LogP contribution in [0.25, 0.3) is 0 Å². The van der Waals surface area contributed by atoms with Crippen molar-refractivity contribution in [3.63, 3.8) is 0 Å². The Morgan fingerprint density at radius 3 is 2.73 bits per heavy atom. The molecule has 1 aromatic carbocycles. The van der Waals surface area contributed by atoms with Crippen LogP contribution in [-0.2, 0) is 9.47 Å². The Bertz CT molecular complexity index is 717. The van der Waals surface area contributed by atoms with Gasteiger partial charge in [-0.1, -0.05) is 0 Å². The predicted molar refractivity (Wildman–Crippen MR) is 98.8 cm³/mol. The number of rotatable bonds is 7. The van der Waals surface area contributed by atoms with E-state index in [9.17, 15) is 4.79 Å². The summed E-state index contributed by atoms with van der Waals surface area (Å²) in [4.78, 5) is 22.5. The van der Waals surface area contributed by atoms with Crippen LogP contribution >= 0.6 is 0 Å². The van der Waals surface area contributed by atoms with Gasteiger partial charge in [0.05, 0.1) is 25.9 Å². The van der Waals surface area contributed by atoms with Gasteiger partial charge >= 0.3 is 5.97 Å². The lowest BCUT2D eigenvalue weighted by Crippen LogP contribution is -2.39. The van der Waals surface area contributed by atoms with Gasteiger partial charge in [0.2, 0.25) is 5.95 Å². The van der Waals surface area contributed by atoms with Gasteiger partial charge in [0, 0.05) is 38.1 Å². The summed E-state index contributed by atoms with van der Waals surface area (Å²) in [6.07, 6.45) is 1.70. The SMILES string of the molecule is COC(=O)c1ccc(Nc2ccnc(NCCN3CCOCC3)n2)cc1. The molecule has 0 aliphatic carbocycles. The van der Waals surface area contributed by atoms with Gasteiger partial charge in [-0.3, -0.25) is 4.90 Å². The molecule has 0 bridgehead atoms. The number of benzene rings is 1. The quantitative estimate of drug-likeness (QED) is 0.725. The van der Waals surface area contributed by atoms with Gasteiger partial charge in [-0.05, 0) is 30.3 Å². The van der Waals surface area contributed by atoms with Gasteiger partial charge < -0.3 is 20.1 Å². The highest BCUT2D eigenvalue weighted by atomic mass is 16.5. The molecule has 26 heavy (non-hydrogen) atoms. The molecule has 1 aromatic heterocycles. The first-order valence-electron chi connectivity index (χ1n) is 8.57. The molecule has 1 fully saturated rings. The minimum absolute atomic E-state index is 0.356. The molecule has 138 valence electrons. The molecule has 0 unspecified atom stereocenters.